The predicted molar refractivity (Wildman–Crippen MR) is 127 cm³/mol. The average Bonchev–Trinajstić information content (AvgIpc) is 3.09. The second-order valence-corrected chi connectivity index (χ2v) is 8.74. The van der Waals surface area contributed by atoms with Crippen LogP contribution in [0.5, 0.6) is 0 Å². The number of imide groups is 2. The first-order valence-electron chi connectivity index (χ1n) is 12.1. The van der Waals surface area contributed by atoms with Gasteiger partial charge in [0.1, 0.15) is 12.6 Å². The van der Waals surface area contributed by atoms with Gasteiger partial charge in [-0.1, -0.05) is 43.9 Å². The van der Waals surface area contributed by atoms with Crippen molar-refractivity contribution in [2.75, 3.05) is 13.2 Å². The lowest BCUT2D eigenvalue weighted by atomic mass is 10.0. The van der Waals surface area contributed by atoms with Crippen LogP contribution in [0.2, 0.25) is 0 Å². The van der Waals surface area contributed by atoms with Gasteiger partial charge >= 0.3 is 0 Å². The summed E-state index contributed by atoms with van der Waals surface area (Å²) >= 11 is 0. The molecule has 0 radical (unpaired) electrons. The topological polar surface area (TPSA) is 133 Å². The number of carbonyl (C=O) groups excluding carboxylic acids is 5. The van der Waals surface area contributed by atoms with E-state index in [1.807, 2.05) is 0 Å². The number of unbranched alkanes of at least 4 members (excludes halogenated alkanes) is 7. The zero-order chi connectivity index (χ0) is 25.2. The summed E-state index contributed by atoms with van der Waals surface area (Å²) in [4.78, 5) is 61.0. The van der Waals surface area contributed by atoms with Crippen LogP contribution < -0.4 is 10.6 Å². The number of rotatable bonds is 11. The Balaban J connectivity index is 1.39. The SMILES string of the molecule is O=C(CO)NCCCCCCCCCC#Cc1ccc2c(c1)C(=O)N(C1CCC(=O)NC1=O)C2=O. The molecule has 2 aliphatic heterocycles. The maximum absolute atomic E-state index is 12.9. The average molecular weight is 482 g/mol. The van der Waals surface area contributed by atoms with E-state index in [1.165, 1.54) is 0 Å². The molecule has 0 aliphatic carbocycles. The molecular weight excluding hydrogens is 450 g/mol. The van der Waals surface area contributed by atoms with Gasteiger partial charge in [0.05, 0.1) is 11.1 Å². The molecule has 1 unspecified atom stereocenters. The summed E-state index contributed by atoms with van der Waals surface area (Å²) in [7, 11) is 0. The molecule has 0 saturated carbocycles. The Morgan fingerprint density at radius 1 is 1.00 bits per heavy atom. The third-order valence-corrected chi connectivity index (χ3v) is 6.12. The number of nitrogens with zero attached hydrogens (tertiary/aromatic N) is 1. The summed E-state index contributed by atoms with van der Waals surface area (Å²) in [6.07, 6.45) is 8.33. The van der Waals surface area contributed by atoms with Crippen molar-refractivity contribution in [1.82, 2.24) is 15.5 Å². The molecule has 9 nitrogen and oxygen atoms in total. The Hall–Kier alpha value is -3.51. The molecule has 1 fully saturated rings. The normalized spacial score (nSPS) is 17.1. The summed E-state index contributed by atoms with van der Waals surface area (Å²) < 4.78 is 0. The Morgan fingerprint density at radius 2 is 1.69 bits per heavy atom. The minimum Gasteiger partial charge on any atom is -0.387 e. The molecule has 1 aromatic carbocycles. The number of aliphatic hydroxyl groups is 1. The lowest BCUT2D eigenvalue weighted by molar-refractivity contribution is -0.136. The zero-order valence-electron chi connectivity index (χ0n) is 19.7. The zero-order valence-corrected chi connectivity index (χ0v) is 19.7. The number of benzene rings is 1. The number of hydrogen-bond acceptors (Lipinski definition) is 6. The molecule has 9 heteroatoms. The fourth-order valence-electron chi connectivity index (χ4n) is 4.22. The summed E-state index contributed by atoms with van der Waals surface area (Å²) in [6.45, 7) is 0.142. The van der Waals surface area contributed by atoms with Gasteiger partial charge in [0.25, 0.3) is 11.8 Å². The predicted octanol–water partition coefficient (Wildman–Crippen LogP) is 1.67. The Kier molecular flexibility index (Phi) is 9.56. The van der Waals surface area contributed by atoms with Crippen molar-refractivity contribution in [1.29, 1.82) is 0 Å². The molecule has 2 heterocycles. The van der Waals surface area contributed by atoms with Crippen LogP contribution in [-0.4, -0.2) is 58.7 Å². The fourth-order valence-corrected chi connectivity index (χ4v) is 4.22. The molecule has 3 rings (SSSR count). The third-order valence-electron chi connectivity index (χ3n) is 6.12. The van der Waals surface area contributed by atoms with Gasteiger partial charge in [-0.05, 0) is 37.5 Å². The Bertz CT molecular complexity index is 1050. The van der Waals surface area contributed by atoms with E-state index in [4.69, 9.17) is 5.11 Å². The number of fused-ring (bicyclic) bond motifs is 1. The Morgan fingerprint density at radius 3 is 2.40 bits per heavy atom. The Labute approximate surface area is 204 Å². The van der Waals surface area contributed by atoms with Crippen LogP contribution in [0.15, 0.2) is 18.2 Å². The van der Waals surface area contributed by atoms with Crippen molar-refractivity contribution < 1.29 is 29.1 Å². The van der Waals surface area contributed by atoms with E-state index in [0.29, 0.717) is 12.1 Å². The second kappa shape index (κ2) is 12.8. The largest absolute Gasteiger partial charge is 0.387 e. The monoisotopic (exact) mass is 481 g/mol. The van der Waals surface area contributed by atoms with Crippen LogP contribution in [-0.2, 0) is 14.4 Å². The van der Waals surface area contributed by atoms with Crippen molar-refractivity contribution >= 4 is 29.5 Å². The highest BCUT2D eigenvalue weighted by Crippen LogP contribution is 2.28. The molecule has 0 spiro atoms. The van der Waals surface area contributed by atoms with Gasteiger partial charge in [-0.25, -0.2) is 0 Å². The number of aliphatic hydroxyl groups excluding tert-OH is 1. The highest BCUT2D eigenvalue weighted by Gasteiger charge is 2.44. The van der Waals surface area contributed by atoms with E-state index in [-0.39, 0.29) is 29.9 Å². The van der Waals surface area contributed by atoms with Crippen LogP contribution >= 0.6 is 0 Å². The maximum Gasteiger partial charge on any atom is 0.262 e. The minimum absolute atomic E-state index is 0.0889. The van der Waals surface area contributed by atoms with Crippen LogP contribution in [0.25, 0.3) is 0 Å². The number of carbonyl (C=O) groups is 5. The minimum atomic E-state index is -0.971. The molecule has 3 N–H and O–H groups in total. The summed E-state index contributed by atoms with van der Waals surface area (Å²) in [6, 6.07) is 3.90. The number of amides is 5. The van der Waals surface area contributed by atoms with Gasteiger partial charge < -0.3 is 10.4 Å². The smallest absolute Gasteiger partial charge is 0.262 e. The second-order valence-electron chi connectivity index (χ2n) is 8.74. The molecule has 1 aromatic rings. The van der Waals surface area contributed by atoms with Gasteiger partial charge in [0.2, 0.25) is 17.7 Å². The van der Waals surface area contributed by atoms with Crippen molar-refractivity contribution in [3.63, 3.8) is 0 Å². The summed E-state index contributed by atoms with van der Waals surface area (Å²) in [5.74, 6) is 3.76. The van der Waals surface area contributed by atoms with Crippen molar-refractivity contribution in [3.05, 3.63) is 34.9 Å². The van der Waals surface area contributed by atoms with Gasteiger partial charge in [-0.3, -0.25) is 34.2 Å². The molecule has 186 valence electrons. The molecule has 0 bridgehead atoms. The van der Waals surface area contributed by atoms with E-state index in [1.54, 1.807) is 18.2 Å². The lowest BCUT2D eigenvalue weighted by Crippen LogP contribution is -2.54. The lowest BCUT2D eigenvalue weighted by Gasteiger charge is -2.27. The standard InChI is InChI=1S/C26H31N3O6/c30-17-23(32)27-15-9-7-5-3-1-2-4-6-8-10-18-11-12-19-20(16-18)26(35)29(25(19)34)21-13-14-22(31)28-24(21)33/h11-12,16,21,30H,1-7,9,13-15,17H2,(H,27,32)(H,28,31,33). The first-order valence-corrected chi connectivity index (χ1v) is 12.1. The highest BCUT2D eigenvalue weighted by atomic mass is 16.3. The van der Waals surface area contributed by atoms with Gasteiger partial charge in [0.15, 0.2) is 0 Å². The van der Waals surface area contributed by atoms with E-state index in [0.717, 1.165) is 56.3 Å². The van der Waals surface area contributed by atoms with Crippen molar-refractivity contribution in [2.24, 2.45) is 0 Å². The first-order chi connectivity index (χ1) is 16.9. The molecule has 5 amide bonds. The van der Waals surface area contributed by atoms with Crippen LogP contribution in [0.3, 0.4) is 0 Å². The number of piperidine rings is 1. The fraction of sp³-hybridized carbons (Fsp3) is 0.500. The van der Waals surface area contributed by atoms with Crippen LogP contribution in [0, 0.1) is 11.8 Å². The summed E-state index contributed by atoms with van der Waals surface area (Å²) in [5, 5.41) is 13.4. The number of nitrogens with one attached hydrogen (secondary N) is 2. The maximum atomic E-state index is 12.9. The molecule has 35 heavy (non-hydrogen) atoms. The number of hydrogen-bond donors (Lipinski definition) is 3. The molecule has 1 saturated heterocycles. The molecular formula is C26H31N3O6. The van der Waals surface area contributed by atoms with Crippen molar-refractivity contribution in [3.8, 4) is 11.8 Å². The van der Waals surface area contributed by atoms with Crippen molar-refractivity contribution in [2.45, 2.75) is 70.3 Å². The first kappa shape index (κ1) is 26.1. The van der Waals surface area contributed by atoms with Gasteiger partial charge in [-0.15, -0.1) is 0 Å². The van der Waals surface area contributed by atoms with Crippen LogP contribution in [0.1, 0.15) is 90.5 Å². The van der Waals surface area contributed by atoms with E-state index >= 15 is 0 Å². The van der Waals surface area contributed by atoms with E-state index < -0.39 is 36.3 Å². The van der Waals surface area contributed by atoms with Gasteiger partial charge in [0, 0.05) is 24.9 Å². The highest BCUT2D eigenvalue weighted by molar-refractivity contribution is 6.23. The van der Waals surface area contributed by atoms with Crippen LogP contribution in [0.4, 0.5) is 0 Å². The quantitative estimate of drug-likeness (QED) is 0.250. The van der Waals surface area contributed by atoms with E-state index in [2.05, 4.69) is 22.5 Å². The summed E-state index contributed by atoms with van der Waals surface area (Å²) in [5.41, 5.74) is 1.13. The molecule has 1 atom stereocenters. The van der Waals surface area contributed by atoms with E-state index in [9.17, 15) is 24.0 Å². The molecule has 0 aromatic heterocycles. The third kappa shape index (κ3) is 6.99. The molecule has 2 aliphatic rings. The van der Waals surface area contributed by atoms with Gasteiger partial charge in [-0.2, -0.15) is 0 Å².